The standard InChI is InChI=1S/C13H26N4O/c1-11(2)17-10-12(3)15-13(17)14-6-7-16(4)8-9-18-5/h10-11H,6-9H2,1-5H3,(H,14,15). The summed E-state index contributed by atoms with van der Waals surface area (Å²) in [5, 5.41) is 3.39. The number of likely N-dealkylation sites (N-methyl/N-ethyl adjacent to an activating group) is 1. The maximum absolute atomic E-state index is 5.05. The number of aromatic nitrogens is 2. The summed E-state index contributed by atoms with van der Waals surface area (Å²) in [6.07, 6.45) is 2.08. The van der Waals surface area contributed by atoms with E-state index >= 15 is 0 Å². The molecule has 0 spiro atoms. The van der Waals surface area contributed by atoms with E-state index in [2.05, 4.69) is 46.9 Å². The van der Waals surface area contributed by atoms with Crippen molar-refractivity contribution in [2.75, 3.05) is 45.7 Å². The Kier molecular flexibility index (Phi) is 6.15. The second-order valence-corrected chi connectivity index (χ2v) is 4.93. The largest absolute Gasteiger partial charge is 0.383 e. The first-order valence-corrected chi connectivity index (χ1v) is 6.51. The molecule has 0 radical (unpaired) electrons. The highest BCUT2D eigenvalue weighted by Crippen LogP contribution is 2.14. The van der Waals surface area contributed by atoms with Gasteiger partial charge in [-0.05, 0) is 27.8 Å². The fraction of sp³-hybridized carbons (Fsp3) is 0.769. The second kappa shape index (κ2) is 7.38. The van der Waals surface area contributed by atoms with Crippen LogP contribution < -0.4 is 5.32 Å². The lowest BCUT2D eigenvalue weighted by Gasteiger charge is -2.17. The SMILES string of the molecule is COCCN(C)CCNc1nc(C)cn1C(C)C. The Morgan fingerprint density at radius 1 is 1.44 bits per heavy atom. The van der Waals surface area contributed by atoms with Crippen LogP contribution in [-0.2, 0) is 4.74 Å². The molecule has 1 aromatic heterocycles. The van der Waals surface area contributed by atoms with E-state index < -0.39 is 0 Å². The number of imidazole rings is 1. The molecule has 5 heteroatoms. The fourth-order valence-corrected chi connectivity index (χ4v) is 1.76. The van der Waals surface area contributed by atoms with Gasteiger partial charge in [-0.1, -0.05) is 0 Å². The molecule has 0 atom stereocenters. The number of anilines is 1. The number of nitrogens with zero attached hydrogens (tertiary/aromatic N) is 3. The van der Waals surface area contributed by atoms with Gasteiger partial charge >= 0.3 is 0 Å². The number of ether oxygens (including phenoxy) is 1. The van der Waals surface area contributed by atoms with Crippen LogP contribution in [0.2, 0.25) is 0 Å². The molecule has 0 amide bonds. The van der Waals surface area contributed by atoms with Crippen LogP contribution in [0.3, 0.4) is 0 Å². The maximum Gasteiger partial charge on any atom is 0.203 e. The molecule has 104 valence electrons. The first-order chi connectivity index (χ1) is 8.54. The van der Waals surface area contributed by atoms with Crippen LogP contribution in [0.1, 0.15) is 25.6 Å². The van der Waals surface area contributed by atoms with Crippen molar-refractivity contribution in [3.8, 4) is 0 Å². The van der Waals surface area contributed by atoms with Gasteiger partial charge in [0, 0.05) is 39.0 Å². The van der Waals surface area contributed by atoms with E-state index in [1.54, 1.807) is 7.11 Å². The molecule has 1 N–H and O–H groups in total. The first-order valence-electron chi connectivity index (χ1n) is 6.51. The Balaban J connectivity index is 2.39. The summed E-state index contributed by atoms with van der Waals surface area (Å²) in [4.78, 5) is 6.74. The monoisotopic (exact) mass is 254 g/mol. The van der Waals surface area contributed by atoms with Crippen molar-refractivity contribution in [1.29, 1.82) is 0 Å². The summed E-state index contributed by atoms with van der Waals surface area (Å²) in [7, 11) is 3.83. The minimum Gasteiger partial charge on any atom is -0.383 e. The van der Waals surface area contributed by atoms with Crippen LogP contribution in [0.5, 0.6) is 0 Å². The lowest BCUT2D eigenvalue weighted by molar-refractivity contribution is 0.163. The van der Waals surface area contributed by atoms with Crippen molar-refractivity contribution >= 4 is 5.95 Å². The van der Waals surface area contributed by atoms with Gasteiger partial charge in [-0.15, -0.1) is 0 Å². The zero-order valence-electron chi connectivity index (χ0n) is 12.2. The predicted molar refractivity (Wildman–Crippen MR) is 75.2 cm³/mol. The Bertz CT molecular complexity index is 349. The average molecular weight is 254 g/mol. The minimum absolute atomic E-state index is 0.430. The molecule has 0 unspecified atom stereocenters. The van der Waals surface area contributed by atoms with Crippen LogP contribution in [0.15, 0.2) is 6.20 Å². The molecule has 18 heavy (non-hydrogen) atoms. The van der Waals surface area contributed by atoms with Crippen molar-refractivity contribution in [3.63, 3.8) is 0 Å². The normalized spacial score (nSPS) is 11.5. The molecule has 0 aliphatic carbocycles. The Hall–Kier alpha value is -1.07. The molecule has 1 heterocycles. The summed E-state index contributed by atoms with van der Waals surface area (Å²) in [5.41, 5.74) is 1.05. The zero-order valence-corrected chi connectivity index (χ0v) is 12.2. The summed E-state index contributed by atoms with van der Waals surface area (Å²) in [5.74, 6) is 0.961. The van der Waals surface area contributed by atoms with Crippen LogP contribution in [0, 0.1) is 6.92 Å². The van der Waals surface area contributed by atoms with Gasteiger partial charge in [-0.25, -0.2) is 4.98 Å². The van der Waals surface area contributed by atoms with Gasteiger partial charge in [0.1, 0.15) is 0 Å². The van der Waals surface area contributed by atoms with Gasteiger partial charge in [-0.2, -0.15) is 0 Å². The van der Waals surface area contributed by atoms with E-state index in [9.17, 15) is 0 Å². The minimum atomic E-state index is 0.430. The Morgan fingerprint density at radius 2 is 2.17 bits per heavy atom. The smallest absolute Gasteiger partial charge is 0.203 e. The summed E-state index contributed by atoms with van der Waals surface area (Å²) < 4.78 is 7.22. The molecule has 5 nitrogen and oxygen atoms in total. The number of hydrogen-bond donors (Lipinski definition) is 1. The topological polar surface area (TPSA) is 42.3 Å². The first kappa shape index (κ1) is 15.0. The second-order valence-electron chi connectivity index (χ2n) is 4.93. The fourth-order valence-electron chi connectivity index (χ4n) is 1.76. The van der Waals surface area contributed by atoms with Gasteiger partial charge < -0.3 is 19.5 Å². The van der Waals surface area contributed by atoms with Crippen LogP contribution in [0.25, 0.3) is 0 Å². The lowest BCUT2D eigenvalue weighted by atomic mass is 10.4. The Labute approximate surface area is 110 Å². The highest BCUT2D eigenvalue weighted by Gasteiger charge is 2.07. The summed E-state index contributed by atoms with van der Waals surface area (Å²) in [6.45, 7) is 9.95. The van der Waals surface area contributed by atoms with E-state index in [4.69, 9.17) is 4.74 Å². The molecule has 1 rings (SSSR count). The molecular weight excluding hydrogens is 228 g/mol. The van der Waals surface area contributed by atoms with E-state index in [1.165, 1.54) is 0 Å². The Morgan fingerprint density at radius 3 is 2.78 bits per heavy atom. The third-order valence-corrected chi connectivity index (χ3v) is 2.86. The summed E-state index contributed by atoms with van der Waals surface area (Å²) in [6, 6.07) is 0.430. The van der Waals surface area contributed by atoms with Gasteiger partial charge in [0.05, 0.1) is 12.3 Å². The van der Waals surface area contributed by atoms with Crippen LogP contribution in [-0.4, -0.2) is 54.8 Å². The van der Waals surface area contributed by atoms with Crippen LogP contribution >= 0.6 is 0 Å². The van der Waals surface area contributed by atoms with E-state index in [0.717, 1.165) is 37.9 Å². The number of rotatable bonds is 8. The molecule has 0 aliphatic heterocycles. The van der Waals surface area contributed by atoms with E-state index in [-0.39, 0.29) is 0 Å². The number of aryl methyl sites for hydroxylation is 1. The zero-order chi connectivity index (χ0) is 13.5. The third kappa shape index (κ3) is 4.66. The molecule has 0 saturated carbocycles. The van der Waals surface area contributed by atoms with Crippen molar-refractivity contribution in [2.24, 2.45) is 0 Å². The molecule has 0 bridgehead atoms. The molecule has 0 saturated heterocycles. The highest BCUT2D eigenvalue weighted by molar-refractivity contribution is 5.29. The highest BCUT2D eigenvalue weighted by atomic mass is 16.5. The third-order valence-electron chi connectivity index (χ3n) is 2.86. The van der Waals surface area contributed by atoms with Crippen molar-refractivity contribution in [1.82, 2.24) is 14.5 Å². The predicted octanol–water partition coefficient (Wildman–Crippen LogP) is 1.76. The van der Waals surface area contributed by atoms with Crippen LogP contribution in [0.4, 0.5) is 5.95 Å². The van der Waals surface area contributed by atoms with E-state index in [0.29, 0.717) is 6.04 Å². The lowest BCUT2D eigenvalue weighted by Crippen LogP contribution is -2.28. The number of methoxy groups -OCH3 is 1. The van der Waals surface area contributed by atoms with Gasteiger partial charge in [0.25, 0.3) is 0 Å². The van der Waals surface area contributed by atoms with Crippen molar-refractivity contribution in [3.05, 3.63) is 11.9 Å². The summed E-state index contributed by atoms with van der Waals surface area (Å²) >= 11 is 0. The molecule has 0 aliphatic rings. The van der Waals surface area contributed by atoms with E-state index in [1.807, 2.05) is 6.92 Å². The molecular formula is C13H26N4O. The number of nitrogens with one attached hydrogen (secondary N) is 1. The van der Waals surface area contributed by atoms with Crippen molar-refractivity contribution < 1.29 is 4.74 Å². The molecule has 1 aromatic rings. The quantitative estimate of drug-likeness (QED) is 0.767. The molecule has 0 aromatic carbocycles. The number of hydrogen-bond acceptors (Lipinski definition) is 4. The van der Waals surface area contributed by atoms with Crippen molar-refractivity contribution in [2.45, 2.75) is 26.8 Å². The average Bonchev–Trinajstić information content (AvgIpc) is 2.68. The molecule has 0 fully saturated rings. The maximum atomic E-state index is 5.05. The van der Waals surface area contributed by atoms with Gasteiger partial charge in [0.2, 0.25) is 5.95 Å². The van der Waals surface area contributed by atoms with Gasteiger partial charge in [0.15, 0.2) is 0 Å². The van der Waals surface area contributed by atoms with Gasteiger partial charge in [-0.3, -0.25) is 0 Å².